The third-order valence-electron chi connectivity index (χ3n) is 4.17. The molecular weight excluding hydrogens is 362 g/mol. The Labute approximate surface area is 164 Å². The minimum atomic E-state index is 0.569. The summed E-state index contributed by atoms with van der Waals surface area (Å²) in [4.78, 5) is 8.18. The number of nitrogens with zero attached hydrogens (tertiary/aromatic N) is 3. The zero-order valence-corrected chi connectivity index (χ0v) is 16.7. The van der Waals surface area contributed by atoms with Gasteiger partial charge in [0.1, 0.15) is 11.6 Å². The molecule has 0 amide bonds. The highest BCUT2D eigenvalue weighted by Crippen LogP contribution is 2.23. The smallest absolute Gasteiger partial charge is 0.215 e. The largest absolute Gasteiger partial charge is 0.476 e. The van der Waals surface area contributed by atoms with Crippen LogP contribution in [0.15, 0.2) is 29.4 Å². The second-order valence-corrected chi connectivity index (χ2v) is 7.30. The Hall–Kier alpha value is -2.16. The molecule has 1 saturated heterocycles. The topological polar surface area (TPSA) is 71.0 Å². The van der Waals surface area contributed by atoms with E-state index in [1.807, 2.05) is 25.2 Å². The number of thiophene rings is 1. The Kier molecular flexibility index (Phi) is 7.44. The highest BCUT2D eigenvalue weighted by molar-refractivity contribution is 7.16. The lowest BCUT2D eigenvalue weighted by molar-refractivity contribution is 0.122. The number of likely N-dealkylation sites (N-methyl/N-ethyl adjacent to an activating group) is 1. The molecule has 3 heterocycles. The van der Waals surface area contributed by atoms with Crippen molar-refractivity contribution in [2.75, 3.05) is 56.8 Å². The molecule has 8 heteroatoms. The molecule has 0 saturated carbocycles. The van der Waals surface area contributed by atoms with E-state index in [9.17, 15) is 0 Å². The molecular formula is C19H27N5O2S. The van der Waals surface area contributed by atoms with Gasteiger partial charge in [0.2, 0.25) is 5.88 Å². The number of nitrogens with one attached hydrogen (secondary N) is 2. The SMILES string of the molecule is CCc1ccc(N/N=C/c2cc(N3CCOCC3)cc(OCCNC)n2)s1. The van der Waals surface area contributed by atoms with Crippen LogP contribution < -0.4 is 20.4 Å². The standard InChI is InChI=1S/C19H27N5O2S/c1-3-17-4-5-19(27-17)23-21-14-15-12-16(24-7-10-25-11-8-24)13-18(22-15)26-9-6-20-2/h4-5,12-14,20,23H,3,6-11H2,1-2H3/b21-14+. The number of morpholine rings is 1. The fourth-order valence-electron chi connectivity index (χ4n) is 2.70. The van der Waals surface area contributed by atoms with Crippen molar-refractivity contribution in [3.8, 4) is 5.88 Å². The minimum absolute atomic E-state index is 0.569. The molecule has 0 unspecified atom stereocenters. The zero-order chi connectivity index (χ0) is 18.9. The van der Waals surface area contributed by atoms with Crippen molar-refractivity contribution in [2.24, 2.45) is 5.10 Å². The van der Waals surface area contributed by atoms with E-state index in [4.69, 9.17) is 9.47 Å². The van der Waals surface area contributed by atoms with Gasteiger partial charge in [0.25, 0.3) is 0 Å². The molecule has 27 heavy (non-hydrogen) atoms. The Morgan fingerprint density at radius 2 is 2.19 bits per heavy atom. The van der Waals surface area contributed by atoms with Crippen molar-refractivity contribution in [1.29, 1.82) is 0 Å². The maximum Gasteiger partial charge on any atom is 0.215 e. The van der Waals surface area contributed by atoms with Gasteiger partial charge < -0.3 is 19.7 Å². The number of hydrogen-bond acceptors (Lipinski definition) is 8. The van der Waals surface area contributed by atoms with Crippen LogP contribution in [0.3, 0.4) is 0 Å². The Balaban J connectivity index is 1.72. The maximum atomic E-state index is 5.79. The summed E-state index contributed by atoms with van der Waals surface area (Å²) >= 11 is 1.71. The second kappa shape index (κ2) is 10.2. The quantitative estimate of drug-likeness (QED) is 0.390. The lowest BCUT2D eigenvalue weighted by Crippen LogP contribution is -2.36. The predicted octanol–water partition coefficient (Wildman–Crippen LogP) is 2.59. The van der Waals surface area contributed by atoms with Gasteiger partial charge in [-0.05, 0) is 31.7 Å². The highest BCUT2D eigenvalue weighted by atomic mass is 32.1. The van der Waals surface area contributed by atoms with Crippen LogP contribution in [0, 0.1) is 0 Å². The second-order valence-electron chi connectivity index (χ2n) is 6.13. The van der Waals surface area contributed by atoms with Crippen molar-refractivity contribution in [1.82, 2.24) is 10.3 Å². The first-order valence-electron chi connectivity index (χ1n) is 9.28. The molecule has 0 bridgehead atoms. The van der Waals surface area contributed by atoms with Crippen LogP contribution >= 0.6 is 11.3 Å². The van der Waals surface area contributed by atoms with Crippen molar-refractivity contribution >= 4 is 28.2 Å². The van der Waals surface area contributed by atoms with E-state index >= 15 is 0 Å². The summed E-state index contributed by atoms with van der Waals surface area (Å²) < 4.78 is 11.2. The number of pyridine rings is 1. The first-order chi connectivity index (χ1) is 13.3. The van der Waals surface area contributed by atoms with Crippen LogP contribution in [0.25, 0.3) is 0 Å². The molecule has 7 nitrogen and oxygen atoms in total. The third-order valence-corrected chi connectivity index (χ3v) is 5.30. The Bertz CT molecular complexity index is 743. The molecule has 2 aromatic heterocycles. The van der Waals surface area contributed by atoms with Gasteiger partial charge in [-0.1, -0.05) is 6.92 Å². The van der Waals surface area contributed by atoms with Gasteiger partial charge in [-0.15, -0.1) is 11.3 Å². The maximum absolute atomic E-state index is 5.79. The Morgan fingerprint density at radius 3 is 2.93 bits per heavy atom. The molecule has 0 aliphatic carbocycles. The van der Waals surface area contributed by atoms with Crippen LogP contribution in [-0.2, 0) is 11.2 Å². The van der Waals surface area contributed by atoms with E-state index in [1.54, 1.807) is 17.6 Å². The molecule has 0 spiro atoms. The monoisotopic (exact) mass is 389 g/mol. The summed E-state index contributed by atoms with van der Waals surface area (Å²) in [6.45, 7) is 6.69. The Morgan fingerprint density at radius 1 is 1.33 bits per heavy atom. The lowest BCUT2D eigenvalue weighted by Gasteiger charge is -2.29. The molecule has 1 fully saturated rings. The van der Waals surface area contributed by atoms with Gasteiger partial charge in [-0.25, -0.2) is 4.98 Å². The molecule has 2 aromatic rings. The van der Waals surface area contributed by atoms with Crippen LogP contribution in [0.5, 0.6) is 5.88 Å². The number of hydrogen-bond donors (Lipinski definition) is 2. The molecule has 3 rings (SSSR count). The van der Waals surface area contributed by atoms with Crippen LogP contribution in [0.2, 0.25) is 0 Å². The lowest BCUT2D eigenvalue weighted by atomic mass is 10.2. The van der Waals surface area contributed by atoms with Crippen LogP contribution in [0.4, 0.5) is 10.7 Å². The van der Waals surface area contributed by atoms with Crippen LogP contribution in [0.1, 0.15) is 17.5 Å². The summed E-state index contributed by atoms with van der Waals surface area (Å²) in [5.74, 6) is 0.611. The molecule has 1 aliphatic heterocycles. The first-order valence-corrected chi connectivity index (χ1v) is 10.1. The molecule has 0 radical (unpaired) electrons. The number of hydrazone groups is 1. The summed E-state index contributed by atoms with van der Waals surface area (Å²) in [5, 5.41) is 8.45. The van der Waals surface area contributed by atoms with Gasteiger partial charge in [0, 0.05) is 36.3 Å². The number of aryl methyl sites for hydroxylation is 1. The molecule has 0 aromatic carbocycles. The van der Waals surface area contributed by atoms with E-state index in [-0.39, 0.29) is 0 Å². The van der Waals surface area contributed by atoms with E-state index in [2.05, 4.69) is 38.7 Å². The van der Waals surface area contributed by atoms with Gasteiger partial charge in [-0.3, -0.25) is 5.43 Å². The minimum Gasteiger partial charge on any atom is -0.476 e. The van der Waals surface area contributed by atoms with Crippen LogP contribution in [-0.4, -0.2) is 57.7 Å². The van der Waals surface area contributed by atoms with Gasteiger partial charge in [-0.2, -0.15) is 5.10 Å². The molecule has 2 N–H and O–H groups in total. The van der Waals surface area contributed by atoms with E-state index in [0.717, 1.165) is 55.7 Å². The van der Waals surface area contributed by atoms with Crippen molar-refractivity contribution in [3.63, 3.8) is 0 Å². The van der Waals surface area contributed by atoms with Gasteiger partial charge >= 0.3 is 0 Å². The van der Waals surface area contributed by atoms with E-state index < -0.39 is 0 Å². The third kappa shape index (κ3) is 5.92. The highest BCUT2D eigenvalue weighted by Gasteiger charge is 2.13. The summed E-state index contributed by atoms with van der Waals surface area (Å²) in [6.07, 6.45) is 2.77. The normalized spacial score (nSPS) is 14.7. The van der Waals surface area contributed by atoms with Crippen molar-refractivity contribution < 1.29 is 9.47 Å². The summed E-state index contributed by atoms with van der Waals surface area (Å²) in [5.41, 5.74) is 4.93. The summed E-state index contributed by atoms with van der Waals surface area (Å²) in [7, 11) is 1.90. The van der Waals surface area contributed by atoms with Crippen molar-refractivity contribution in [2.45, 2.75) is 13.3 Å². The molecule has 146 valence electrons. The number of rotatable bonds is 9. The molecule has 1 aliphatic rings. The predicted molar refractivity (Wildman–Crippen MR) is 112 cm³/mol. The summed E-state index contributed by atoms with van der Waals surface area (Å²) in [6, 6.07) is 8.18. The first kappa shape index (κ1) is 19.6. The fraction of sp³-hybridized carbons (Fsp3) is 0.474. The zero-order valence-electron chi connectivity index (χ0n) is 15.9. The number of ether oxygens (including phenoxy) is 2. The number of aromatic nitrogens is 1. The van der Waals surface area contributed by atoms with E-state index in [1.165, 1.54) is 4.88 Å². The fourth-order valence-corrected chi connectivity index (χ4v) is 3.50. The van der Waals surface area contributed by atoms with Crippen molar-refractivity contribution in [3.05, 3.63) is 34.8 Å². The average Bonchev–Trinajstić information content (AvgIpc) is 3.17. The molecule has 0 atom stereocenters. The van der Waals surface area contributed by atoms with E-state index in [0.29, 0.717) is 12.5 Å². The number of anilines is 2. The van der Waals surface area contributed by atoms with Gasteiger partial charge in [0.15, 0.2) is 0 Å². The average molecular weight is 390 g/mol. The van der Waals surface area contributed by atoms with Gasteiger partial charge in [0.05, 0.1) is 25.1 Å².